The van der Waals surface area contributed by atoms with Gasteiger partial charge < -0.3 is 20.7 Å². The fourth-order valence-electron chi connectivity index (χ4n) is 3.55. The van der Waals surface area contributed by atoms with Gasteiger partial charge in [0.05, 0.1) is 13.2 Å². The average molecular weight is 515 g/mol. The molecule has 3 N–H and O–H groups in total. The zero-order chi connectivity index (χ0) is 19.8. The summed E-state index contributed by atoms with van der Waals surface area (Å²) in [7, 11) is 1.70. The first-order chi connectivity index (χ1) is 13.7. The van der Waals surface area contributed by atoms with Gasteiger partial charge in [-0.05, 0) is 63.4 Å². The van der Waals surface area contributed by atoms with Crippen molar-refractivity contribution in [2.24, 2.45) is 4.99 Å². The number of carbonyl (C=O) groups is 1. The standard InChI is InChI=1S/C21H33N5O2.HI/c1-3-22-21(24-15-20(27)25-17-9-10-17)23-14-19(26-11-4-5-12-26)16-7-6-8-18(13-16)28-2;/h6-8,13,17,19H,3-5,9-12,14-15H2,1-2H3,(H,25,27)(H2,22,23,24);1H. The van der Waals surface area contributed by atoms with Crippen LogP contribution in [0.1, 0.15) is 44.2 Å². The molecule has 162 valence electrons. The highest BCUT2D eigenvalue weighted by atomic mass is 127. The minimum atomic E-state index is -0.0106. The molecule has 7 nitrogen and oxygen atoms in total. The molecule has 1 amide bonds. The number of hydrogen-bond donors (Lipinski definition) is 3. The Kier molecular flexibility index (Phi) is 9.99. The lowest BCUT2D eigenvalue weighted by atomic mass is 10.1. The third-order valence-corrected chi connectivity index (χ3v) is 5.19. The van der Waals surface area contributed by atoms with Crippen LogP contribution in [0.2, 0.25) is 0 Å². The molecule has 1 saturated carbocycles. The predicted molar refractivity (Wildman–Crippen MR) is 127 cm³/mol. The highest BCUT2D eigenvalue weighted by Crippen LogP contribution is 2.27. The average Bonchev–Trinajstić information content (AvgIpc) is 3.36. The quantitative estimate of drug-likeness (QED) is 0.267. The lowest BCUT2D eigenvalue weighted by Crippen LogP contribution is -2.43. The topological polar surface area (TPSA) is 78.0 Å². The molecule has 2 fully saturated rings. The second-order valence-corrected chi connectivity index (χ2v) is 7.45. The molecule has 1 aliphatic heterocycles. The minimum absolute atomic E-state index is 0. The minimum Gasteiger partial charge on any atom is -0.497 e. The Hall–Kier alpha value is -1.55. The van der Waals surface area contributed by atoms with Crippen LogP contribution in [0.4, 0.5) is 0 Å². The van der Waals surface area contributed by atoms with E-state index in [9.17, 15) is 4.79 Å². The van der Waals surface area contributed by atoms with Gasteiger partial charge in [0.1, 0.15) is 12.3 Å². The molecule has 0 bridgehead atoms. The first-order valence-electron chi connectivity index (χ1n) is 10.4. The van der Waals surface area contributed by atoms with Crippen molar-refractivity contribution in [2.75, 3.05) is 39.8 Å². The highest BCUT2D eigenvalue weighted by molar-refractivity contribution is 14.0. The van der Waals surface area contributed by atoms with Crippen LogP contribution in [0.5, 0.6) is 5.75 Å². The molecule has 8 heteroatoms. The van der Waals surface area contributed by atoms with E-state index in [1.807, 2.05) is 19.1 Å². The molecule has 1 atom stereocenters. The van der Waals surface area contributed by atoms with Gasteiger partial charge in [-0.25, -0.2) is 4.99 Å². The number of methoxy groups -OCH3 is 1. The number of aliphatic imine (C=N–C) groups is 1. The van der Waals surface area contributed by atoms with Crippen LogP contribution < -0.4 is 20.7 Å². The van der Waals surface area contributed by atoms with E-state index in [4.69, 9.17) is 4.74 Å². The number of nitrogens with zero attached hydrogens (tertiary/aromatic N) is 2. The second-order valence-electron chi connectivity index (χ2n) is 7.45. The van der Waals surface area contributed by atoms with Gasteiger partial charge in [0.2, 0.25) is 5.91 Å². The van der Waals surface area contributed by atoms with Crippen LogP contribution in [0, 0.1) is 0 Å². The molecule has 1 aliphatic carbocycles. The SMILES string of the molecule is CCNC(=NCC(=O)NC1CC1)NCC(c1cccc(OC)c1)N1CCCC1.I. The van der Waals surface area contributed by atoms with E-state index in [0.29, 0.717) is 12.0 Å². The summed E-state index contributed by atoms with van der Waals surface area (Å²) in [6.45, 7) is 5.86. The van der Waals surface area contributed by atoms with Crippen molar-refractivity contribution >= 4 is 35.8 Å². The summed E-state index contributed by atoms with van der Waals surface area (Å²) in [5.74, 6) is 1.54. The number of likely N-dealkylation sites (tertiary alicyclic amines) is 1. The van der Waals surface area contributed by atoms with Crippen LogP contribution in [0.25, 0.3) is 0 Å². The number of hydrogen-bond acceptors (Lipinski definition) is 4. The smallest absolute Gasteiger partial charge is 0.242 e. The number of guanidine groups is 1. The number of ether oxygens (including phenoxy) is 1. The van der Waals surface area contributed by atoms with Gasteiger partial charge in [-0.15, -0.1) is 24.0 Å². The van der Waals surface area contributed by atoms with E-state index in [1.54, 1.807) is 7.11 Å². The van der Waals surface area contributed by atoms with Crippen molar-refractivity contribution in [3.8, 4) is 5.75 Å². The molecule has 1 aromatic carbocycles. The zero-order valence-corrected chi connectivity index (χ0v) is 19.8. The molecule has 0 aromatic heterocycles. The van der Waals surface area contributed by atoms with E-state index in [1.165, 1.54) is 18.4 Å². The lowest BCUT2D eigenvalue weighted by Gasteiger charge is -2.29. The number of halogens is 1. The molecule has 1 aromatic rings. The van der Waals surface area contributed by atoms with Gasteiger partial charge >= 0.3 is 0 Å². The van der Waals surface area contributed by atoms with Crippen LogP contribution >= 0.6 is 24.0 Å². The zero-order valence-electron chi connectivity index (χ0n) is 17.4. The molecular formula is C21H34IN5O2. The molecule has 29 heavy (non-hydrogen) atoms. The van der Waals surface area contributed by atoms with Gasteiger partial charge in [0.25, 0.3) is 0 Å². The number of carbonyl (C=O) groups excluding carboxylic acids is 1. The molecule has 1 unspecified atom stereocenters. The summed E-state index contributed by atoms with van der Waals surface area (Å²) in [6.07, 6.45) is 4.64. The number of benzene rings is 1. The maximum Gasteiger partial charge on any atom is 0.242 e. The molecule has 0 spiro atoms. The summed E-state index contributed by atoms with van der Waals surface area (Å²) < 4.78 is 5.41. The van der Waals surface area contributed by atoms with Crippen LogP contribution in [0.15, 0.2) is 29.3 Å². The summed E-state index contributed by atoms with van der Waals surface area (Å²) in [6, 6.07) is 8.88. The number of rotatable bonds is 9. The fourth-order valence-corrected chi connectivity index (χ4v) is 3.55. The third-order valence-electron chi connectivity index (χ3n) is 5.19. The Labute approximate surface area is 191 Å². The van der Waals surface area contributed by atoms with Crippen LogP contribution in [0.3, 0.4) is 0 Å². The van der Waals surface area contributed by atoms with Crippen molar-refractivity contribution < 1.29 is 9.53 Å². The summed E-state index contributed by atoms with van der Waals surface area (Å²) in [5.41, 5.74) is 1.23. The highest BCUT2D eigenvalue weighted by Gasteiger charge is 2.25. The van der Waals surface area contributed by atoms with E-state index in [0.717, 1.165) is 44.8 Å². The van der Waals surface area contributed by atoms with Crippen LogP contribution in [-0.4, -0.2) is 62.6 Å². The van der Waals surface area contributed by atoms with Crippen molar-refractivity contribution in [1.82, 2.24) is 20.9 Å². The Morgan fingerprint density at radius 1 is 1.28 bits per heavy atom. The predicted octanol–water partition coefficient (Wildman–Crippen LogP) is 2.28. The van der Waals surface area contributed by atoms with Gasteiger partial charge in [0, 0.05) is 19.1 Å². The molecule has 3 rings (SSSR count). The van der Waals surface area contributed by atoms with E-state index in [-0.39, 0.29) is 42.5 Å². The van der Waals surface area contributed by atoms with Crippen molar-refractivity contribution in [1.29, 1.82) is 0 Å². The molecular weight excluding hydrogens is 481 g/mol. The number of amides is 1. The molecule has 2 aliphatic rings. The Bertz CT molecular complexity index is 675. The largest absolute Gasteiger partial charge is 0.497 e. The summed E-state index contributed by atoms with van der Waals surface area (Å²) >= 11 is 0. The van der Waals surface area contributed by atoms with E-state index >= 15 is 0 Å². The van der Waals surface area contributed by atoms with Gasteiger partial charge in [0.15, 0.2) is 5.96 Å². The van der Waals surface area contributed by atoms with Crippen molar-refractivity contribution in [3.63, 3.8) is 0 Å². The first kappa shape index (κ1) is 23.7. The first-order valence-corrected chi connectivity index (χ1v) is 10.4. The lowest BCUT2D eigenvalue weighted by molar-refractivity contribution is -0.119. The number of nitrogens with one attached hydrogen (secondary N) is 3. The second kappa shape index (κ2) is 12.2. The monoisotopic (exact) mass is 515 g/mol. The van der Waals surface area contributed by atoms with Crippen LogP contribution in [-0.2, 0) is 4.79 Å². The van der Waals surface area contributed by atoms with Gasteiger partial charge in [-0.1, -0.05) is 12.1 Å². The van der Waals surface area contributed by atoms with Gasteiger partial charge in [-0.3, -0.25) is 9.69 Å². The summed E-state index contributed by atoms with van der Waals surface area (Å²) in [5, 5.41) is 9.65. The third kappa shape index (κ3) is 7.65. The Morgan fingerprint density at radius 2 is 2.03 bits per heavy atom. The Balaban J connectivity index is 0.00000300. The van der Waals surface area contributed by atoms with E-state index < -0.39 is 0 Å². The summed E-state index contributed by atoms with van der Waals surface area (Å²) in [4.78, 5) is 18.9. The maximum absolute atomic E-state index is 11.9. The van der Waals surface area contributed by atoms with Crippen molar-refractivity contribution in [2.45, 2.75) is 44.7 Å². The van der Waals surface area contributed by atoms with E-state index in [2.05, 4.69) is 38.0 Å². The molecule has 1 saturated heterocycles. The molecule has 1 heterocycles. The Morgan fingerprint density at radius 3 is 2.69 bits per heavy atom. The maximum atomic E-state index is 11.9. The normalized spacial score (nSPS) is 17.9. The fraction of sp³-hybridized carbons (Fsp3) is 0.619. The van der Waals surface area contributed by atoms with Crippen molar-refractivity contribution in [3.05, 3.63) is 29.8 Å². The van der Waals surface area contributed by atoms with Gasteiger partial charge in [-0.2, -0.15) is 0 Å². The molecule has 0 radical (unpaired) electrons.